The van der Waals surface area contributed by atoms with Gasteiger partial charge in [0.05, 0.1) is 6.54 Å². The van der Waals surface area contributed by atoms with Gasteiger partial charge in [-0.2, -0.15) is 8.78 Å². The fraction of sp³-hybridized carbons (Fsp3) is 0.444. The van der Waals surface area contributed by atoms with Crippen LogP contribution in [0.4, 0.5) is 14.5 Å². The predicted molar refractivity (Wildman–Crippen MR) is 101 cm³/mol. The Morgan fingerprint density at radius 2 is 2.04 bits per heavy atom. The van der Waals surface area contributed by atoms with Gasteiger partial charge in [0.25, 0.3) is 0 Å². The van der Waals surface area contributed by atoms with Crippen molar-refractivity contribution >= 4 is 11.6 Å². The zero-order chi connectivity index (χ0) is 18.8. The quantitative estimate of drug-likeness (QED) is 0.408. The summed E-state index contributed by atoms with van der Waals surface area (Å²) in [6, 6.07) is 10.3. The van der Waals surface area contributed by atoms with E-state index in [1.54, 1.807) is 7.05 Å². The first kappa shape index (κ1) is 19.7. The first-order valence-electron chi connectivity index (χ1n) is 8.70. The van der Waals surface area contributed by atoms with Crippen LogP contribution in [-0.2, 0) is 6.54 Å². The lowest BCUT2D eigenvalue weighted by Gasteiger charge is -2.23. The Hall–Kier alpha value is -2.64. The van der Waals surface area contributed by atoms with E-state index in [0.29, 0.717) is 5.96 Å². The number of alkyl halides is 2. The zero-order valence-electron chi connectivity index (χ0n) is 15.2. The minimum absolute atomic E-state index is 0.183. The highest BCUT2D eigenvalue weighted by Crippen LogP contribution is 2.13. The summed E-state index contributed by atoms with van der Waals surface area (Å²) in [5.74, 6) is 0.834. The van der Waals surface area contributed by atoms with Gasteiger partial charge in [0.15, 0.2) is 5.96 Å². The fourth-order valence-corrected chi connectivity index (χ4v) is 2.63. The predicted octanol–water partition coefficient (Wildman–Crippen LogP) is 2.86. The van der Waals surface area contributed by atoms with Crippen molar-refractivity contribution in [1.82, 2.24) is 20.2 Å². The van der Waals surface area contributed by atoms with E-state index in [4.69, 9.17) is 0 Å². The largest absolute Gasteiger partial charge is 0.372 e. The molecule has 0 aliphatic rings. The molecule has 142 valence electrons. The van der Waals surface area contributed by atoms with Gasteiger partial charge in [-0.15, -0.1) is 0 Å². The zero-order valence-corrected chi connectivity index (χ0v) is 15.2. The maximum Gasteiger partial charge on any atom is 0.319 e. The highest BCUT2D eigenvalue weighted by Gasteiger charge is 2.11. The first-order valence-corrected chi connectivity index (χ1v) is 8.70. The number of aromatic nitrogens is 2. The summed E-state index contributed by atoms with van der Waals surface area (Å²) in [6.45, 7) is 2.30. The smallest absolute Gasteiger partial charge is 0.319 e. The van der Waals surface area contributed by atoms with Crippen molar-refractivity contribution in [3.8, 4) is 0 Å². The van der Waals surface area contributed by atoms with Gasteiger partial charge >= 0.3 is 6.55 Å². The first-order chi connectivity index (χ1) is 12.7. The SMILES string of the molecule is CCN(CCCNC(=NC)NCc1nccn1C(F)F)c1ccccc1. The Kier molecular flexibility index (Phi) is 7.85. The highest BCUT2D eigenvalue weighted by molar-refractivity contribution is 5.79. The molecule has 2 N–H and O–H groups in total. The van der Waals surface area contributed by atoms with Crippen LogP contribution in [-0.4, -0.2) is 42.2 Å². The molecule has 0 amide bonds. The van der Waals surface area contributed by atoms with E-state index < -0.39 is 6.55 Å². The van der Waals surface area contributed by atoms with Crippen molar-refractivity contribution in [1.29, 1.82) is 0 Å². The van der Waals surface area contributed by atoms with Gasteiger partial charge in [0.2, 0.25) is 0 Å². The second-order valence-electron chi connectivity index (χ2n) is 5.65. The van der Waals surface area contributed by atoms with Crippen molar-refractivity contribution in [2.45, 2.75) is 26.4 Å². The van der Waals surface area contributed by atoms with Crippen molar-refractivity contribution in [2.75, 3.05) is 31.6 Å². The monoisotopic (exact) mass is 364 g/mol. The summed E-state index contributed by atoms with van der Waals surface area (Å²) >= 11 is 0. The molecule has 2 rings (SSSR count). The fourth-order valence-electron chi connectivity index (χ4n) is 2.63. The maximum atomic E-state index is 12.8. The Labute approximate surface area is 152 Å². The van der Waals surface area contributed by atoms with E-state index >= 15 is 0 Å². The maximum absolute atomic E-state index is 12.8. The lowest BCUT2D eigenvalue weighted by Crippen LogP contribution is -2.39. The molecule has 0 fully saturated rings. The number of para-hydroxylation sites is 1. The van der Waals surface area contributed by atoms with Gasteiger partial charge in [0, 0.05) is 44.8 Å². The van der Waals surface area contributed by atoms with Gasteiger partial charge in [-0.1, -0.05) is 18.2 Å². The summed E-state index contributed by atoms with van der Waals surface area (Å²) < 4.78 is 26.5. The molecule has 1 aromatic heterocycles. The number of guanidine groups is 1. The van der Waals surface area contributed by atoms with Crippen LogP contribution in [0.1, 0.15) is 25.7 Å². The van der Waals surface area contributed by atoms with Crippen molar-refractivity contribution in [3.05, 3.63) is 48.5 Å². The third-order valence-electron chi connectivity index (χ3n) is 4.00. The van der Waals surface area contributed by atoms with E-state index in [-0.39, 0.29) is 12.4 Å². The summed E-state index contributed by atoms with van der Waals surface area (Å²) in [5, 5.41) is 6.21. The lowest BCUT2D eigenvalue weighted by atomic mass is 10.2. The van der Waals surface area contributed by atoms with Crippen molar-refractivity contribution < 1.29 is 8.78 Å². The molecule has 2 aromatic rings. The molecular weight excluding hydrogens is 338 g/mol. The molecule has 0 unspecified atom stereocenters. The Balaban J connectivity index is 1.74. The minimum Gasteiger partial charge on any atom is -0.372 e. The molecule has 0 bridgehead atoms. The summed E-state index contributed by atoms with van der Waals surface area (Å²) in [5.41, 5.74) is 1.20. The van der Waals surface area contributed by atoms with Crippen LogP contribution in [0.3, 0.4) is 0 Å². The molecule has 6 nitrogen and oxygen atoms in total. The van der Waals surface area contributed by atoms with Gasteiger partial charge in [-0.3, -0.25) is 9.56 Å². The number of rotatable bonds is 9. The average molecular weight is 364 g/mol. The average Bonchev–Trinajstić information content (AvgIpc) is 3.14. The third-order valence-corrected chi connectivity index (χ3v) is 4.00. The van der Waals surface area contributed by atoms with Crippen LogP contribution in [0.5, 0.6) is 0 Å². The number of nitrogens with one attached hydrogen (secondary N) is 2. The number of anilines is 1. The van der Waals surface area contributed by atoms with Crippen LogP contribution < -0.4 is 15.5 Å². The Morgan fingerprint density at radius 1 is 1.27 bits per heavy atom. The van der Waals surface area contributed by atoms with Gasteiger partial charge in [-0.05, 0) is 25.5 Å². The molecule has 0 spiro atoms. The third kappa shape index (κ3) is 5.72. The topological polar surface area (TPSA) is 57.5 Å². The molecule has 26 heavy (non-hydrogen) atoms. The number of nitrogens with zero attached hydrogens (tertiary/aromatic N) is 4. The molecule has 0 saturated carbocycles. The second-order valence-corrected chi connectivity index (χ2v) is 5.65. The number of hydrogen-bond acceptors (Lipinski definition) is 3. The number of halogens is 2. The molecule has 1 aromatic carbocycles. The van der Waals surface area contributed by atoms with Crippen LogP contribution >= 0.6 is 0 Å². The molecule has 1 heterocycles. The second kappa shape index (κ2) is 10.4. The summed E-state index contributed by atoms with van der Waals surface area (Å²) in [7, 11) is 1.65. The van der Waals surface area contributed by atoms with E-state index in [9.17, 15) is 8.78 Å². The van der Waals surface area contributed by atoms with E-state index in [1.807, 2.05) is 18.2 Å². The highest BCUT2D eigenvalue weighted by atomic mass is 19.3. The van der Waals surface area contributed by atoms with Crippen LogP contribution in [0, 0.1) is 0 Å². The van der Waals surface area contributed by atoms with Crippen LogP contribution in [0.25, 0.3) is 0 Å². The molecule has 0 radical (unpaired) electrons. The van der Waals surface area contributed by atoms with E-state index in [1.165, 1.54) is 18.1 Å². The van der Waals surface area contributed by atoms with Crippen LogP contribution in [0.2, 0.25) is 0 Å². The number of hydrogen-bond donors (Lipinski definition) is 2. The molecule has 0 aliphatic heterocycles. The summed E-state index contributed by atoms with van der Waals surface area (Å²) in [4.78, 5) is 10.4. The van der Waals surface area contributed by atoms with E-state index in [0.717, 1.165) is 30.6 Å². The van der Waals surface area contributed by atoms with Crippen molar-refractivity contribution in [3.63, 3.8) is 0 Å². The summed E-state index contributed by atoms with van der Waals surface area (Å²) in [6.07, 6.45) is 3.55. The number of imidazole rings is 1. The lowest BCUT2D eigenvalue weighted by molar-refractivity contribution is 0.0668. The molecule has 8 heteroatoms. The van der Waals surface area contributed by atoms with Gasteiger partial charge < -0.3 is 15.5 Å². The Morgan fingerprint density at radius 3 is 2.69 bits per heavy atom. The number of aliphatic imine (C=N–C) groups is 1. The van der Waals surface area contributed by atoms with Gasteiger partial charge in [0.1, 0.15) is 5.82 Å². The molecule has 0 aliphatic carbocycles. The van der Waals surface area contributed by atoms with Gasteiger partial charge in [-0.25, -0.2) is 4.98 Å². The standard InChI is InChI=1S/C18H26F2N6/c1-3-25(15-8-5-4-6-9-15)12-7-10-23-18(21-2)24-14-16-22-11-13-26(16)17(19)20/h4-6,8-9,11,13,17H,3,7,10,12,14H2,1-2H3,(H2,21,23,24). The van der Waals surface area contributed by atoms with E-state index in [2.05, 4.69) is 44.6 Å². The van der Waals surface area contributed by atoms with Crippen LogP contribution in [0.15, 0.2) is 47.7 Å². The number of benzene rings is 1. The van der Waals surface area contributed by atoms with Crippen molar-refractivity contribution in [2.24, 2.45) is 4.99 Å². The molecular formula is C18H26F2N6. The normalized spacial score (nSPS) is 11.7. The molecule has 0 saturated heterocycles. The molecule has 0 atom stereocenters. The Bertz CT molecular complexity index is 671. The minimum atomic E-state index is -2.60.